The highest BCUT2D eigenvalue weighted by Gasteiger charge is 2.39. The average Bonchev–Trinajstić information content (AvgIpc) is 3.50. The number of nitrogens with one attached hydrogen (secondary N) is 2. The van der Waals surface area contributed by atoms with Gasteiger partial charge in [-0.3, -0.25) is 10.3 Å². The molecule has 2 aromatic heterocycles. The van der Waals surface area contributed by atoms with Crippen molar-refractivity contribution in [2.24, 2.45) is 0 Å². The second-order valence-electron chi connectivity index (χ2n) is 12.3. The number of alkyl halides is 2. The van der Waals surface area contributed by atoms with Gasteiger partial charge < -0.3 is 20.5 Å². The van der Waals surface area contributed by atoms with Crippen LogP contribution >= 0.6 is 0 Å². The SMILES string of the molecule is CN1C=C(c2cnc(N)c(C(=N)c3cc4c([nH]3)C3CC3=CC=C4N3CCCCC3)c2)C=C(CN2CCC(F)(F)C2)C1. The lowest BCUT2D eigenvalue weighted by Gasteiger charge is -2.31. The maximum atomic E-state index is 13.8. The Hall–Kier alpha value is -3.72. The van der Waals surface area contributed by atoms with Crippen molar-refractivity contribution in [3.05, 3.63) is 82.0 Å². The van der Waals surface area contributed by atoms with E-state index in [4.69, 9.17) is 5.73 Å². The molecule has 3 fully saturated rings. The van der Waals surface area contributed by atoms with Crippen molar-refractivity contribution in [3.8, 4) is 0 Å². The Morgan fingerprint density at radius 3 is 2.78 bits per heavy atom. The normalized spacial score (nSPS) is 23.6. The molecule has 1 atom stereocenters. The van der Waals surface area contributed by atoms with Crippen molar-refractivity contribution in [1.29, 1.82) is 5.41 Å². The molecule has 0 radical (unpaired) electrons. The molecular weight excluding hydrogens is 520 g/mol. The Balaban J connectivity index is 1.17. The Morgan fingerprint density at radius 2 is 2.00 bits per heavy atom. The van der Waals surface area contributed by atoms with E-state index in [-0.39, 0.29) is 13.0 Å². The van der Waals surface area contributed by atoms with Gasteiger partial charge in [-0.2, -0.15) is 0 Å². The molecule has 0 amide bonds. The summed E-state index contributed by atoms with van der Waals surface area (Å²) < 4.78 is 27.5. The summed E-state index contributed by atoms with van der Waals surface area (Å²) in [5.74, 6) is -1.89. The summed E-state index contributed by atoms with van der Waals surface area (Å²) in [7, 11) is 1.99. The predicted molar refractivity (Wildman–Crippen MR) is 159 cm³/mol. The maximum Gasteiger partial charge on any atom is 0.261 e. The minimum Gasteiger partial charge on any atom is -0.383 e. The Bertz CT molecular complexity index is 1520. The fraction of sp³-hybridized carbons (Fsp3) is 0.438. The lowest BCUT2D eigenvalue weighted by molar-refractivity contribution is 0.0130. The largest absolute Gasteiger partial charge is 0.383 e. The molecule has 4 N–H and O–H groups in total. The maximum absolute atomic E-state index is 13.8. The monoisotopic (exact) mass is 557 g/mol. The van der Waals surface area contributed by atoms with Crippen molar-refractivity contribution in [3.63, 3.8) is 0 Å². The van der Waals surface area contributed by atoms with E-state index in [1.165, 1.54) is 41.8 Å². The summed E-state index contributed by atoms with van der Waals surface area (Å²) >= 11 is 0. The van der Waals surface area contributed by atoms with Crippen LogP contribution in [-0.4, -0.2) is 82.6 Å². The molecule has 1 saturated carbocycles. The van der Waals surface area contributed by atoms with Crippen LogP contribution in [0.4, 0.5) is 14.6 Å². The molecular formula is C32H37F2N7. The minimum atomic E-state index is -2.60. The number of H-pyrrole nitrogens is 1. The van der Waals surface area contributed by atoms with Gasteiger partial charge in [0.1, 0.15) is 5.82 Å². The molecule has 0 bridgehead atoms. The van der Waals surface area contributed by atoms with Gasteiger partial charge in [0.15, 0.2) is 0 Å². The Kier molecular flexibility index (Phi) is 6.37. The van der Waals surface area contributed by atoms with Crippen molar-refractivity contribution in [2.45, 2.75) is 43.9 Å². The van der Waals surface area contributed by atoms with E-state index in [0.717, 1.165) is 41.9 Å². The third kappa shape index (κ3) is 5.12. The van der Waals surface area contributed by atoms with Crippen LogP contribution in [0.15, 0.2) is 53.9 Å². The highest BCUT2D eigenvalue weighted by atomic mass is 19.3. The number of halogens is 2. The number of piperidine rings is 1. The fourth-order valence-electron chi connectivity index (χ4n) is 6.79. The van der Waals surface area contributed by atoms with Crippen LogP contribution in [0, 0.1) is 5.41 Å². The van der Waals surface area contributed by atoms with Crippen LogP contribution in [0.2, 0.25) is 0 Å². The summed E-state index contributed by atoms with van der Waals surface area (Å²) in [6, 6.07) is 4.06. The first-order chi connectivity index (χ1) is 19.7. The molecule has 0 spiro atoms. The van der Waals surface area contributed by atoms with Crippen molar-refractivity contribution < 1.29 is 8.78 Å². The van der Waals surface area contributed by atoms with Crippen LogP contribution in [0.5, 0.6) is 0 Å². The van der Waals surface area contributed by atoms with Gasteiger partial charge in [0, 0.05) is 92.6 Å². The van der Waals surface area contributed by atoms with Gasteiger partial charge in [-0.15, -0.1) is 0 Å². The minimum absolute atomic E-state index is 0.0813. The number of anilines is 1. The first kappa shape index (κ1) is 26.2. The third-order valence-corrected chi connectivity index (χ3v) is 8.99. The van der Waals surface area contributed by atoms with E-state index in [2.05, 4.69) is 44.1 Å². The topological polar surface area (TPSA) is 88.3 Å². The van der Waals surface area contributed by atoms with Crippen LogP contribution in [-0.2, 0) is 0 Å². The Morgan fingerprint density at radius 1 is 1.17 bits per heavy atom. The van der Waals surface area contributed by atoms with E-state index in [0.29, 0.717) is 42.6 Å². The zero-order valence-electron chi connectivity index (χ0n) is 23.5. The molecule has 5 aliphatic rings. The second-order valence-corrected chi connectivity index (χ2v) is 12.3. The molecule has 7 nitrogen and oxygen atoms in total. The number of aromatic amines is 1. The third-order valence-electron chi connectivity index (χ3n) is 8.99. The van der Waals surface area contributed by atoms with E-state index < -0.39 is 5.92 Å². The molecule has 9 heteroatoms. The van der Waals surface area contributed by atoms with Crippen LogP contribution in [0.25, 0.3) is 11.3 Å². The smallest absolute Gasteiger partial charge is 0.261 e. The van der Waals surface area contributed by atoms with E-state index in [1.54, 1.807) is 6.20 Å². The van der Waals surface area contributed by atoms with E-state index in [1.807, 2.05) is 24.2 Å². The van der Waals surface area contributed by atoms with E-state index >= 15 is 0 Å². The van der Waals surface area contributed by atoms with Crippen LogP contribution in [0.3, 0.4) is 0 Å². The second kappa shape index (κ2) is 9.98. The van der Waals surface area contributed by atoms with Crippen molar-refractivity contribution in [2.75, 3.05) is 52.0 Å². The molecule has 3 aliphatic heterocycles. The fourth-order valence-corrected chi connectivity index (χ4v) is 6.79. The average molecular weight is 558 g/mol. The molecule has 1 unspecified atom stereocenters. The summed E-state index contributed by atoms with van der Waals surface area (Å²) in [6.45, 7) is 3.55. The lowest BCUT2D eigenvalue weighted by atomic mass is 9.98. The zero-order chi connectivity index (χ0) is 28.3. The number of hydrogen-bond acceptors (Lipinski definition) is 6. The number of rotatable bonds is 6. The summed E-state index contributed by atoms with van der Waals surface area (Å²) in [6.07, 6.45) is 15.1. The number of nitrogens with two attached hydrogens (primary N) is 1. The molecule has 2 saturated heterocycles. The van der Waals surface area contributed by atoms with Crippen LogP contribution < -0.4 is 5.73 Å². The van der Waals surface area contributed by atoms with Gasteiger partial charge >= 0.3 is 0 Å². The van der Waals surface area contributed by atoms with Crippen molar-refractivity contribution >= 4 is 22.8 Å². The summed E-state index contributed by atoms with van der Waals surface area (Å²) in [4.78, 5) is 14.5. The first-order valence-electron chi connectivity index (χ1n) is 14.7. The number of fused-ring (bicyclic) bond motifs is 3. The number of allylic oxidation sites excluding steroid dienone is 5. The van der Waals surface area contributed by atoms with Crippen LogP contribution in [0.1, 0.15) is 66.1 Å². The molecule has 0 aromatic carbocycles. The molecule has 2 aliphatic carbocycles. The quantitative estimate of drug-likeness (QED) is 0.424. The van der Waals surface area contributed by atoms with Crippen molar-refractivity contribution in [1.82, 2.24) is 24.7 Å². The molecule has 214 valence electrons. The molecule has 7 rings (SSSR count). The number of aromatic nitrogens is 2. The van der Waals surface area contributed by atoms with E-state index in [9.17, 15) is 14.2 Å². The summed E-state index contributed by atoms with van der Waals surface area (Å²) in [5.41, 5.74) is 16.0. The number of likely N-dealkylation sites (tertiary alicyclic amines) is 2. The Labute approximate surface area is 239 Å². The highest BCUT2D eigenvalue weighted by Crippen LogP contribution is 2.51. The first-order valence-corrected chi connectivity index (χ1v) is 14.7. The molecule has 5 heterocycles. The molecule has 41 heavy (non-hydrogen) atoms. The van der Waals surface area contributed by atoms with Gasteiger partial charge in [0.2, 0.25) is 0 Å². The van der Waals surface area contributed by atoms with Gasteiger partial charge in [-0.05, 0) is 55.0 Å². The number of nitrogen functional groups attached to an aromatic ring is 1. The van der Waals surface area contributed by atoms with Gasteiger partial charge in [-0.1, -0.05) is 17.7 Å². The number of hydrogen-bond donors (Lipinski definition) is 3. The number of pyridine rings is 1. The summed E-state index contributed by atoms with van der Waals surface area (Å²) in [5, 5.41) is 9.19. The number of nitrogens with zero attached hydrogens (tertiary/aromatic N) is 4. The van der Waals surface area contributed by atoms with Gasteiger partial charge in [-0.25, -0.2) is 13.8 Å². The number of likely N-dealkylation sites (N-methyl/N-ethyl adjacent to an activating group) is 1. The van der Waals surface area contributed by atoms with Gasteiger partial charge in [0.05, 0.1) is 18.0 Å². The zero-order valence-corrected chi connectivity index (χ0v) is 23.5. The van der Waals surface area contributed by atoms with Gasteiger partial charge in [0.25, 0.3) is 5.92 Å². The lowest BCUT2D eigenvalue weighted by Crippen LogP contribution is -2.30. The highest BCUT2D eigenvalue weighted by molar-refractivity contribution is 6.13. The predicted octanol–water partition coefficient (Wildman–Crippen LogP) is 5.22. The molecule has 2 aromatic rings. The standard InChI is InChI=1S/C32H37F2N7/c1-39-16-20(17-40-10-7-32(33,34)19-40)11-23(18-39)22-13-26(31(36)37-15-22)29(35)27-14-25-28(41-8-3-2-4-9-41)6-5-21-12-24(21)30(25)38-27/h5-6,11,13-15,18,24,35,38H,2-4,7-10,12,16-17,19H2,1H3,(H2,36,37).